The van der Waals surface area contributed by atoms with Gasteiger partial charge in [-0.25, -0.2) is 0 Å². The minimum atomic E-state index is 0.471. The zero-order valence-electron chi connectivity index (χ0n) is 8.57. The molecule has 0 aromatic heterocycles. The summed E-state index contributed by atoms with van der Waals surface area (Å²) < 4.78 is 0. The number of hydrogen-bond donors (Lipinski definition) is 1. The molecule has 74 valence electrons. The fraction of sp³-hybridized carbons (Fsp3) is 0.0769. The molecule has 0 fully saturated rings. The van der Waals surface area contributed by atoms with Crippen LogP contribution in [-0.4, -0.2) is 18.5 Å². The Balaban J connectivity index is 2.36. The third kappa shape index (κ3) is 1.94. The van der Waals surface area contributed by atoms with E-state index >= 15 is 0 Å². The van der Waals surface area contributed by atoms with Crippen LogP contribution in [0.15, 0.2) is 53.6 Å². The standard InChI is InChI=1S/C13H12N2/c1-15-13-8-7-11(9-12(13)14)10-5-3-2-4-6-10/h2-9,14H,1H3/b14-12?,15-13-. The van der Waals surface area contributed by atoms with Gasteiger partial charge in [0.25, 0.3) is 0 Å². The molecule has 1 aromatic rings. The van der Waals surface area contributed by atoms with Crippen molar-refractivity contribution in [2.75, 3.05) is 7.05 Å². The smallest absolute Gasteiger partial charge is 0.0820 e. The molecular weight excluding hydrogens is 184 g/mol. The van der Waals surface area contributed by atoms with Gasteiger partial charge in [-0.05, 0) is 23.3 Å². The Morgan fingerprint density at radius 2 is 1.80 bits per heavy atom. The van der Waals surface area contributed by atoms with Crippen LogP contribution in [0.5, 0.6) is 0 Å². The Hall–Kier alpha value is -1.96. The minimum absolute atomic E-state index is 0.471. The van der Waals surface area contributed by atoms with Crippen LogP contribution in [0, 0.1) is 5.41 Å². The highest BCUT2D eigenvalue weighted by atomic mass is 14.7. The van der Waals surface area contributed by atoms with Crippen LogP contribution < -0.4 is 0 Å². The number of allylic oxidation sites excluding steroid dienone is 4. The number of rotatable bonds is 1. The van der Waals surface area contributed by atoms with Crippen molar-refractivity contribution in [3.63, 3.8) is 0 Å². The van der Waals surface area contributed by atoms with Crippen molar-refractivity contribution in [3.8, 4) is 0 Å². The van der Waals surface area contributed by atoms with Crippen molar-refractivity contribution in [2.45, 2.75) is 0 Å². The predicted molar refractivity (Wildman–Crippen MR) is 64.6 cm³/mol. The van der Waals surface area contributed by atoms with E-state index in [9.17, 15) is 0 Å². The summed E-state index contributed by atoms with van der Waals surface area (Å²) in [4.78, 5) is 4.02. The quantitative estimate of drug-likeness (QED) is 0.670. The van der Waals surface area contributed by atoms with Gasteiger partial charge >= 0.3 is 0 Å². The van der Waals surface area contributed by atoms with Crippen molar-refractivity contribution in [1.29, 1.82) is 5.41 Å². The molecule has 2 nitrogen and oxygen atoms in total. The maximum atomic E-state index is 7.77. The van der Waals surface area contributed by atoms with Gasteiger partial charge in [0.05, 0.1) is 11.4 Å². The Bertz CT molecular complexity index is 465. The first kappa shape index (κ1) is 9.59. The van der Waals surface area contributed by atoms with Gasteiger partial charge < -0.3 is 0 Å². The van der Waals surface area contributed by atoms with Crippen molar-refractivity contribution in [2.24, 2.45) is 4.99 Å². The second kappa shape index (κ2) is 4.05. The third-order valence-corrected chi connectivity index (χ3v) is 2.34. The summed E-state index contributed by atoms with van der Waals surface area (Å²) >= 11 is 0. The fourth-order valence-corrected chi connectivity index (χ4v) is 1.54. The number of nitrogens with one attached hydrogen (secondary N) is 1. The van der Waals surface area contributed by atoms with E-state index in [-0.39, 0.29) is 0 Å². The fourth-order valence-electron chi connectivity index (χ4n) is 1.54. The molecule has 0 spiro atoms. The second-order valence-electron chi connectivity index (χ2n) is 3.32. The molecule has 0 aliphatic heterocycles. The number of aliphatic imine (C=N–C) groups is 1. The molecule has 1 aliphatic carbocycles. The molecule has 0 atom stereocenters. The van der Waals surface area contributed by atoms with Crippen LogP contribution in [0.3, 0.4) is 0 Å². The van der Waals surface area contributed by atoms with E-state index in [0.717, 1.165) is 16.8 Å². The van der Waals surface area contributed by atoms with Gasteiger partial charge in [0, 0.05) is 7.05 Å². The molecule has 0 saturated heterocycles. The molecule has 0 bridgehead atoms. The van der Waals surface area contributed by atoms with E-state index < -0.39 is 0 Å². The Morgan fingerprint density at radius 1 is 1.07 bits per heavy atom. The second-order valence-corrected chi connectivity index (χ2v) is 3.32. The molecule has 0 amide bonds. The molecule has 1 N–H and O–H groups in total. The van der Waals surface area contributed by atoms with Crippen LogP contribution >= 0.6 is 0 Å². The van der Waals surface area contributed by atoms with E-state index in [2.05, 4.69) is 4.99 Å². The summed E-state index contributed by atoms with van der Waals surface area (Å²) in [7, 11) is 1.70. The maximum absolute atomic E-state index is 7.77. The summed E-state index contributed by atoms with van der Waals surface area (Å²) in [5, 5.41) is 7.77. The molecule has 2 rings (SSSR count). The van der Waals surface area contributed by atoms with E-state index in [4.69, 9.17) is 5.41 Å². The number of nitrogens with zero attached hydrogens (tertiary/aromatic N) is 1. The van der Waals surface area contributed by atoms with Gasteiger partial charge in [0.2, 0.25) is 0 Å². The Labute approximate surface area is 89.2 Å². The van der Waals surface area contributed by atoms with Crippen molar-refractivity contribution >= 4 is 17.0 Å². The molecule has 1 aliphatic rings. The lowest BCUT2D eigenvalue weighted by Crippen LogP contribution is -2.11. The predicted octanol–water partition coefficient (Wildman–Crippen LogP) is 2.73. The van der Waals surface area contributed by atoms with Crippen LogP contribution in [-0.2, 0) is 0 Å². The molecule has 0 saturated carbocycles. The zero-order valence-corrected chi connectivity index (χ0v) is 8.57. The van der Waals surface area contributed by atoms with E-state index in [1.165, 1.54) is 0 Å². The first-order chi connectivity index (χ1) is 7.31. The maximum Gasteiger partial charge on any atom is 0.0820 e. The van der Waals surface area contributed by atoms with Gasteiger partial charge in [-0.15, -0.1) is 0 Å². The summed E-state index contributed by atoms with van der Waals surface area (Å²) in [5.41, 5.74) is 3.40. The highest BCUT2D eigenvalue weighted by Gasteiger charge is 2.08. The van der Waals surface area contributed by atoms with E-state index in [0.29, 0.717) is 5.71 Å². The minimum Gasteiger partial charge on any atom is -0.299 e. The molecular formula is C13H12N2. The number of benzene rings is 1. The molecule has 1 aromatic carbocycles. The average Bonchev–Trinajstić information content (AvgIpc) is 2.30. The van der Waals surface area contributed by atoms with Crippen molar-refractivity contribution in [3.05, 3.63) is 54.1 Å². The molecule has 15 heavy (non-hydrogen) atoms. The highest BCUT2D eigenvalue weighted by Crippen LogP contribution is 2.18. The molecule has 0 radical (unpaired) electrons. The molecule has 0 heterocycles. The van der Waals surface area contributed by atoms with Gasteiger partial charge in [0.1, 0.15) is 0 Å². The summed E-state index contributed by atoms with van der Waals surface area (Å²) in [6.07, 6.45) is 5.72. The Morgan fingerprint density at radius 3 is 2.40 bits per heavy atom. The first-order valence-corrected chi connectivity index (χ1v) is 4.82. The van der Waals surface area contributed by atoms with Crippen molar-refractivity contribution in [1.82, 2.24) is 0 Å². The summed E-state index contributed by atoms with van der Waals surface area (Å²) in [5.74, 6) is 0. The topological polar surface area (TPSA) is 36.2 Å². The van der Waals surface area contributed by atoms with Crippen molar-refractivity contribution < 1.29 is 0 Å². The van der Waals surface area contributed by atoms with Crippen LogP contribution in [0.2, 0.25) is 0 Å². The highest BCUT2D eigenvalue weighted by molar-refractivity contribution is 6.51. The molecule has 0 unspecified atom stereocenters. The van der Waals surface area contributed by atoms with E-state index in [1.54, 1.807) is 7.05 Å². The number of hydrogen-bond acceptors (Lipinski definition) is 2. The third-order valence-electron chi connectivity index (χ3n) is 2.34. The van der Waals surface area contributed by atoms with Crippen LogP contribution in [0.4, 0.5) is 0 Å². The summed E-state index contributed by atoms with van der Waals surface area (Å²) in [6.45, 7) is 0. The van der Waals surface area contributed by atoms with Gasteiger partial charge in [-0.3, -0.25) is 10.4 Å². The average molecular weight is 196 g/mol. The normalized spacial score (nSPS) is 18.1. The van der Waals surface area contributed by atoms with E-state index in [1.807, 2.05) is 48.6 Å². The van der Waals surface area contributed by atoms with Gasteiger partial charge in [-0.1, -0.05) is 36.4 Å². The van der Waals surface area contributed by atoms with Crippen LogP contribution in [0.25, 0.3) is 5.57 Å². The Kier molecular flexibility index (Phi) is 2.59. The lowest BCUT2D eigenvalue weighted by Gasteiger charge is -2.09. The molecule has 2 heteroatoms. The largest absolute Gasteiger partial charge is 0.299 e. The van der Waals surface area contributed by atoms with Crippen LogP contribution in [0.1, 0.15) is 5.56 Å². The zero-order chi connectivity index (χ0) is 10.7. The van der Waals surface area contributed by atoms with Gasteiger partial charge in [0.15, 0.2) is 0 Å². The first-order valence-electron chi connectivity index (χ1n) is 4.82. The monoisotopic (exact) mass is 196 g/mol. The lowest BCUT2D eigenvalue weighted by molar-refractivity contribution is 1.44. The van der Waals surface area contributed by atoms with Gasteiger partial charge in [-0.2, -0.15) is 0 Å². The SMILES string of the molecule is C/N=C1/C=CC(c2ccccc2)=CC1=N. The summed E-state index contributed by atoms with van der Waals surface area (Å²) in [6, 6.07) is 10.1. The lowest BCUT2D eigenvalue weighted by atomic mass is 9.98.